The lowest BCUT2D eigenvalue weighted by molar-refractivity contribution is 0.0699. The fourth-order valence-corrected chi connectivity index (χ4v) is 7.58. The van der Waals surface area contributed by atoms with Gasteiger partial charge in [-0.3, -0.25) is 9.09 Å². The normalized spacial score (nSPS) is 19.8. The van der Waals surface area contributed by atoms with Crippen LogP contribution in [0, 0.1) is 18.3 Å². The molecule has 5 rings (SSSR count). The first-order valence-corrected chi connectivity index (χ1v) is 14.5. The Hall–Kier alpha value is -2.77. The molecule has 2 atom stereocenters. The van der Waals surface area contributed by atoms with Crippen LogP contribution in [0.25, 0.3) is 20.0 Å². The minimum Gasteiger partial charge on any atom is -0.481 e. The standard InChI is InChI=1S/C24H18ClN2O6PS2/c1-13-21(24(28)29)36-23(27-13)20-10-15-8-18(9-16(11-26)22(15)35-20)31-12-34(30)32-6-5-19(33-34)14-3-2-4-17(25)7-14/h2-4,7-10,19H,5-6,12H2,1H3,(H,28,29). The average molecular weight is 561 g/mol. The first kappa shape index (κ1) is 24.9. The maximum Gasteiger partial charge on any atom is 0.368 e. The summed E-state index contributed by atoms with van der Waals surface area (Å²) in [4.78, 5) is 16.7. The molecule has 4 aromatic rings. The van der Waals surface area contributed by atoms with E-state index in [0.717, 1.165) is 31.9 Å². The van der Waals surface area contributed by atoms with Crippen molar-refractivity contribution in [2.75, 3.05) is 13.0 Å². The molecule has 0 spiro atoms. The fourth-order valence-electron chi connectivity index (χ4n) is 3.83. The van der Waals surface area contributed by atoms with Crippen LogP contribution in [0.4, 0.5) is 0 Å². The summed E-state index contributed by atoms with van der Waals surface area (Å²) in [6, 6.07) is 14.5. The zero-order chi connectivity index (χ0) is 25.4. The number of nitriles is 1. The van der Waals surface area contributed by atoms with Gasteiger partial charge in [0.25, 0.3) is 0 Å². The van der Waals surface area contributed by atoms with Crippen LogP contribution in [0.5, 0.6) is 5.75 Å². The Morgan fingerprint density at radius 3 is 2.89 bits per heavy atom. The van der Waals surface area contributed by atoms with Crippen molar-refractivity contribution in [3.8, 4) is 21.7 Å². The number of rotatable bonds is 6. The average Bonchev–Trinajstić information content (AvgIpc) is 3.46. The number of benzene rings is 2. The zero-order valence-corrected chi connectivity index (χ0v) is 22.0. The SMILES string of the molecule is Cc1nc(-c2cc3cc(OCP4(=O)OCCC(c5cccc(Cl)c5)O4)cc(C#N)c3s2)sc1C(=O)O. The van der Waals surface area contributed by atoms with Gasteiger partial charge in [-0.1, -0.05) is 23.7 Å². The summed E-state index contributed by atoms with van der Waals surface area (Å²) >= 11 is 8.52. The smallest absolute Gasteiger partial charge is 0.368 e. The van der Waals surface area contributed by atoms with E-state index in [1.54, 1.807) is 37.3 Å². The second-order valence-electron chi connectivity index (χ2n) is 8.01. The number of aromatic nitrogens is 1. The van der Waals surface area contributed by atoms with E-state index in [-0.39, 0.29) is 17.8 Å². The molecule has 0 radical (unpaired) electrons. The summed E-state index contributed by atoms with van der Waals surface area (Å²) in [6.45, 7) is 1.90. The van der Waals surface area contributed by atoms with E-state index in [1.165, 1.54) is 11.3 Å². The Balaban J connectivity index is 1.38. The topological polar surface area (TPSA) is 119 Å². The summed E-state index contributed by atoms with van der Waals surface area (Å²) in [5, 5.41) is 20.9. The second-order valence-corrected chi connectivity index (χ2v) is 12.4. The van der Waals surface area contributed by atoms with Crippen LogP contribution >= 0.6 is 41.9 Å². The van der Waals surface area contributed by atoms with Crippen molar-refractivity contribution in [3.05, 3.63) is 69.2 Å². The minimum atomic E-state index is -3.56. The molecule has 1 N–H and O–H groups in total. The number of carboxylic acid groups (broad SMARTS) is 1. The maximum absolute atomic E-state index is 13.3. The summed E-state index contributed by atoms with van der Waals surface area (Å²) in [7, 11) is -3.56. The number of carbonyl (C=O) groups is 1. The van der Waals surface area contributed by atoms with E-state index in [0.29, 0.717) is 33.5 Å². The van der Waals surface area contributed by atoms with Crippen LogP contribution < -0.4 is 4.74 Å². The van der Waals surface area contributed by atoms with Crippen LogP contribution in [0.2, 0.25) is 5.02 Å². The highest BCUT2D eigenvalue weighted by atomic mass is 35.5. The largest absolute Gasteiger partial charge is 0.481 e. The molecule has 2 aromatic carbocycles. The Morgan fingerprint density at radius 1 is 1.33 bits per heavy atom. The van der Waals surface area contributed by atoms with E-state index in [2.05, 4.69) is 11.1 Å². The van der Waals surface area contributed by atoms with E-state index in [1.807, 2.05) is 12.1 Å². The predicted octanol–water partition coefficient (Wildman–Crippen LogP) is 7.26. The van der Waals surface area contributed by atoms with Crippen molar-refractivity contribution in [2.24, 2.45) is 0 Å². The van der Waals surface area contributed by atoms with Gasteiger partial charge < -0.3 is 14.4 Å². The predicted molar refractivity (Wildman–Crippen MR) is 138 cm³/mol. The third-order valence-electron chi connectivity index (χ3n) is 5.48. The molecule has 2 unspecified atom stereocenters. The van der Waals surface area contributed by atoms with Gasteiger partial charge in [0.15, 0.2) is 6.35 Å². The number of aromatic carboxylic acids is 1. The molecule has 0 bridgehead atoms. The van der Waals surface area contributed by atoms with Crippen LogP contribution in [-0.2, 0) is 13.6 Å². The summed E-state index contributed by atoms with van der Waals surface area (Å²) < 4.78 is 31.0. The maximum atomic E-state index is 13.3. The van der Waals surface area contributed by atoms with Crippen LogP contribution in [-0.4, -0.2) is 29.0 Å². The molecule has 0 saturated carbocycles. The molecule has 0 amide bonds. The Morgan fingerprint density at radius 2 is 2.17 bits per heavy atom. The quantitative estimate of drug-likeness (QED) is 0.245. The summed E-state index contributed by atoms with van der Waals surface area (Å²) in [5.41, 5.74) is 1.64. The van der Waals surface area contributed by atoms with Gasteiger partial charge in [0.05, 0.1) is 33.5 Å². The number of aryl methyl sites for hydroxylation is 1. The monoisotopic (exact) mass is 560 g/mol. The summed E-state index contributed by atoms with van der Waals surface area (Å²) in [5.74, 6) is -0.678. The van der Waals surface area contributed by atoms with Gasteiger partial charge in [0.2, 0.25) is 0 Å². The van der Waals surface area contributed by atoms with Gasteiger partial charge in [-0.25, -0.2) is 9.78 Å². The Bertz CT molecular complexity index is 1580. The molecule has 3 heterocycles. The molecule has 1 saturated heterocycles. The van der Waals surface area contributed by atoms with Crippen molar-refractivity contribution < 1.29 is 28.3 Å². The minimum absolute atomic E-state index is 0.181. The molecular formula is C24H18ClN2O6PS2. The van der Waals surface area contributed by atoms with Gasteiger partial charge in [0, 0.05) is 11.4 Å². The number of nitrogens with zero attached hydrogens (tertiary/aromatic N) is 2. The number of halogens is 1. The molecule has 12 heteroatoms. The lowest BCUT2D eigenvalue weighted by Gasteiger charge is -2.30. The Kier molecular flexibility index (Phi) is 6.88. The number of thiazole rings is 1. The Labute approximate surface area is 219 Å². The number of ether oxygens (including phenoxy) is 1. The van der Waals surface area contributed by atoms with Crippen molar-refractivity contribution in [2.45, 2.75) is 19.4 Å². The van der Waals surface area contributed by atoms with Gasteiger partial charge in [0.1, 0.15) is 21.7 Å². The third kappa shape index (κ3) is 5.04. The molecule has 2 aromatic heterocycles. The zero-order valence-electron chi connectivity index (χ0n) is 18.8. The molecule has 1 fully saturated rings. The van der Waals surface area contributed by atoms with E-state index >= 15 is 0 Å². The third-order valence-corrected chi connectivity index (χ3v) is 9.81. The van der Waals surface area contributed by atoms with Crippen molar-refractivity contribution in [1.29, 1.82) is 5.26 Å². The molecule has 8 nitrogen and oxygen atoms in total. The van der Waals surface area contributed by atoms with E-state index in [4.69, 9.17) is 25.4 Å². The van der Waals surface area contributed by atoms with Crippen LogP contribution in [0.3, 0.4) is 0 Å². The van der Waals surface area contributed by atoms with Crippen molar-refractivity contribution >= 4 is 57.9 Å². The molecule has 1 aliphatic rings. The molecule has 184 valence electrons. The van der Waals surface area contributed by atoms with Gasteiger partial charge in [-0.15, -0.1) is 22.7 Å². The second kappa shape index (κ2) is 9.94. The highest BCUT2D eigenvalue weighted by Gasteiger charge is 2.35. The summed E-state index contributed by atoms with van der Waals surface area (Å²) in [6.07, 6.45) is -0.210. The van der Waals surface area contributed by atoms with Crippen molar-refractivity contribution in [1.82, 2.24) is 4.98 Å². The van der Waals surface area contributed by atoms with Crippen LogP contribution in [0.1, 0.15) is 39.0 Å². The molecule has 1 aliphatic heterocycles. The highest BCUT2D eigenvalue weighted by Crippen LogP contribution is 2.56. The van der Waals surface area contributed by atoms with E-state index in [9.17, 15) is 19.7 Å². The number of fused-ring (bicyclic) bond motifs is 1. The lowest BCUT2D eigenvalue weighted by Crippen LogP contribution is -2.17. The van der Waals surface area contributed by atoms with Gasteiger partial charge >= 0.3 is 13.6 Å². The first-order valence-electron chi connectivity index (χ1n) is 10.7. The number of thiophene rings is 1. The van der Waals surface area contributed by atoms with Gasteiger partial charge in [-0.2, -0.15) is 5.26 Å². The van der Waals surface area contributed by atoms with E-state index < -0.39 is 19.7 Å². The highest BCUT2D eigenvalue weighted by molar-refractivity contribution is 7.53. The number of hydrogen-bond acceptors (Lipinski definition) is 9. The van der Waals surface area contributed by atoms with Crippen LogP contribution in [0.15, 0.2) is 42.5 Å². The molecule has 0 aliphatic carbocycles. The molecular weight excluding hydrogens is 543 g/mol. The first-order chi connectivity index (χ1) is 17.2. The molecule has 36 heavy (non-hydrogen) atoms. The van der Waals surface area contributed by atoms with Crippen molar-refractivity contribution in [3.63, 3.8) is 0 Å². The van der Waals surface area contributed by atoms with Gasteiger partial charge in [-0.05, 0) is 48.2 Å². The number of hydrogen-bond donors (Lipinski definition) is 1. The lowest BCUT2D eigenvalue weighted by atomic mass is 10.1. The number of carboxylic acids is 1. The fraction of sp³-hybridized carbons (Fsp3) is 0.208.